The molecule has 0 radical (unpaired) electrons. The van der Waals surface area contributed by atoms with E-state index >= 15 is 0 Å². The molecule has 0 saturated carbocycles. The van der Waals surface area contributed by atoms with Crippen molar-refractivity contribution in [2.75, 3.05) is 0 Å². The van der Waals surface area contributed by atoms with Crippen LogP contribution in [0, 0.1) is 8.70 Å². The number of hydrogen-bond donors (Lipinski definition) is 1. The second-order valence-corrected chi connectivity index (χ2v) is 6.34. The molecule has 1 aromatic heterocycles. The number of aliphatic hydroxyl groups excluding tert-OH is 1. The third-order valence-corrected chi connectivity index (χ3v) is 4.12. The highest BCUT2D eigenvalue weighted by atomic mass is 127. The van der Waals surface area contributed by atoms with Crippen molar-refractivity contribution in [1.82, 2.24) is 0 Å². The van der Waals surface area contributed by atoms with Crippen LogP contribution in [0.1, 0.15) is 17.2 Å². The molecular formula is C12H10FIOS. The molecule has 1 nitrogen and oxygen atoms in total. The molecule has 4 heteroatoms. The molecule has 1 unspecified atom stereocenters. The minimum absolute atomic E-state index is 0.247. The van der Waals surface area contributed by atoms with Gasteiger partial charge in [0.1, 0.15) is 5.82 Å². The number of aliphatic hydroxyl groups is 1. The van der Waals surface area contributed by atoms with E-state index in [2.05, 4.69) is 22.6 Å². The first-order valence-corrected chi connectivity index (χ1v) is 6.77. The lowest BCUT2D eigenvalue weighted by Gasteiger charge is -2.08. The van der Waals surface area contributed by atoms with E-state index in [0.717, 1.165) is 14.0 Å². The monoisotopic (exact) mass is 348 g/mol. The fraction of sp³-hybridized carbons (Fsp3) is 0.167. The molecule has 2 rings (SSSR count). The summed E-state index contributed by atoms with van der Waals surface area (Å²) in [6.07, 6.45) is 0.0119. The fourth-order valence-corrected chi connectivity index (χ4v) is 2.88. The Morgan fingerprint density at radius 1 is 1.31 bits per heavy atom. The summed E-state index contributed by atoms with van der Waals surface area (Å²) in [4.78, 5) is 0. The molecule has 1 atom stereocenters. The average Bonchev–Trinajstić information content (AvgIpc) is 2.68. The zero-order valence-corrected chi connectivity index (χ0v) is 11.3. The van der Waals surface area contributed by atoms with Crippen LogP contribution in [0.3, 0.4) is 0 Å². The molecule has 16 heavy (non-hydrogen) atoms. The Morgan fingerprint density at radius 3 is 2.56 bits per heavy atom. The highest BCUT2D eigenvalue weighted by molar-refractivity contribution is 14.1. The smallest absolute Gasteiger partial charge is 0.123 e. The van der Waals surface area contributed by atoms with E-state index in [9.17, 15) is 9.50 Å². The highest BCUT2D eigenvalue weighted by Crippen LogP contribution is 2.24. The van der Waals surface area contributed by atoms with Gasteiger partial charge in [-0.15, -0.1) is 11.3 Å². The van der Waals surface area contributed by atoms with Gasteiger partial charge in [-0.2, -0.15) is 0 Å². The molecule has 0 aliphatic heterocycles. The molecular weight excluding hydrogens is 338 g/mol. The van der Waals surface area contributed by atoms with Gasteiger partial charge in [-0.3, -0.25) is 0 Å². The normalized spacial score (nSPS) is 12.7. The zero-order valence-electron chi connectivity index (χ0n) is 8.36. The maximum atomic E-state index is 12.7. The Balaban J connectivity index is 2.07. The van der Waals surface area contributed by atoms with Crippen LogP contribution >= 0.6 is 33.9 Å². The third-order valence-electron chi connectivity index (χ3n) is 2.31. The maximum absolute atomic E-state index is 12.7. The summed E-state index contributed by atoms with van der Waals surface area (Å²) < 4.78 is 13.8. The number of benzene rings is 1. The SMILES string of the molecule is OC(Cc1ccc(F)cc1)c1csc(I)c1. The molecule has 0 fully saturated rings. The number of thiophene rings is 1. The van der Waals surface area contributed by atoms with Crippen molar-refractivity contribution in [3.8, 4) is 0 Å². The summed E-state index contributed by atoms with van der Waals surface area (Å²) in [5, 5.41) is 11.9. The Hall–Kier alpha value is -0.460. The van der Waals surface area contributed by atoms with Crippen LogP contribution in [0.2, 0.25) is 0 Å². The van der Waals surface area contributed by atoms with Crippen LogP contribution in [0.15, 0.2) is 35.7 Å². The summed E-state index contributed by atoms with van der Waals surface area (Å²) in [6.45, 7) is 0. The van der Waals surface area contributed by atoms with Crippen LogP contribution in [-0.4, -0.2) is 5.11 Å². The second-order valence-electron chi connectivity index (χ2n) is 3.53. The van der Waals surface area contributed by atoms with Crippen molar-refractivity contribution >= 4 is 33.9 Å². The van der Waals surface area contributed by atoms with Gasteiger partial charge in [0.2, 0.25) is 0 Å². The highest BCUT2D eigenvalue weighted by Gasteiger charge is 2.10. The van der Waals surface area contributed by atoms with Crippen molar-refractivity contribution in [3.63, 3.8) is 0 Å². The van der Waals surface area contributed by atoms with Gasteiger partial charge < -0.3 is 5.11 Å². The minimum atomic E-state index is -0.509. The van der Waals surface area contributed by atoms with Gasteiger partial charge in [0.15, 0.2) is 0 Å². The molecule has 1 N–H and O–H groups in total. The molecule has 0 bridgehead atoms. The van der Waals surface area contributed by atoms with E-state index in [1.165, 1.54) is 12.1 Å². The number of rotatable bonds is 3. The molecule has 0 amide bonds. The van der Waals surface area contributed by atoms with E-state index in [1.807, 2.05) is 11.4 Å². The molecule has 1 aromatic carbocycles. The van der Waals surface area contributed by atoms with Crippen molar-refractivity contribution in [3.05, 3.63) is 55.5 Å². The molecule has 2 aromatic rings. The van der Waals surface area contributed by atoms with E-state index in [0.29, 0.717) is 6.42 Å². The molecule has 1 heterocycles. The standard InChI is InChI=1S/C12H10FIOS/c13-10-3-1-8(2-4-10)5-11(15)9-6-12(14)16-7-9/h1-4,6-7,11,15H,5H2. The van der Waals surface area contributed by atoms with Gasteiger partial charge in [0, 0.05) is 6.42 Å². The number of hydrogen-bond acceptors (Lipinski definition) is 2. The number of halogens is 2. The Kier molecular flexibility index (Phi) is 3.94. The van der Waals surface area contributed by atoms with Gasteiger partial charge in [0.05, 0.1) is 8.99 Å². The van der Waals surface area contributed by atoms with Gasteiger partial charge >= 0.3 is 0 Å². The fourth-order valence-electron chi connectivity index (χ4n) is 1.46. The van der Waals surface area contributed by atoms with Crippen molar-refractivity contribution < 1.29 is 9.50 Å². The maximum Gasteiger partial charge on any atom is 0.123 e. The van der Waals surface area contributed by atoms with E-state index < -0.39 is 6.10 Å². The lowest BCUT2D eigenvalue weighted by molar-refractivity contribution is 0.179. The largest absolute Gasteiger partial charge is 0.388 e. The molecule has 84 valence electrons. The first-order chi connectivity index (χ1) is 7.65. The van der Waals surface area contributed by atoms with Gasteiger partial charge in [-0.1, -0.05) is 12.1 Å². The Morgan fingerprint density at radius 2 is 2.00 bits per heavy atom. The van der Waals surface area contributed by atoms with Crippen molar-refractivity contribution in [1.29, 1.82) is 0 Å². The summed E-state index contributed by atoms with van der Waals surface area (Å²) in [5.41, 5.74) is 1.87. The molecule has 0 spiro atoms. The Bertz CT molecular complexity index is 466. The lowest BCUT2D eigenvalue weighted by atomic mass is 10.0. The summed E-state index contributed by atoms with van der Waals surface area (Å²) in [7, 11) is 0. The van der Waals surface area contributed by atoms with Gasteiger partial charge in [0.25, 0.3) is 0 Å². The lowest BCUT2D eigenvalue weighted by Crippen LogP contribution is -2.00. The van der Waals surface area contributed by atoms with E-state index in [-0.39, 0.29) is 5.82 Å². The topological polar surface area (TPSA) is 20.2 Å². The quantitative estimate of drug-likeness (QED) is 0.838. The molecule has 0 saturated heterocycles. The zero-order chi connectivity index (χ0) is 11.5. The summed E-state index contributed by atoms with van der Waals surface area (Å²) >= 11 is 3.84. The predicted molar refractivity (Wildman–Crippen MR) is 72.1 cm³/mol. The van der Waals surface area contributed by atoms with Gasteiger partial charge in [-0.25, -0.2) is 4.39 Å². The average molecular weight is 348 g/mol. The third kappa shape index (κ3) is 3.02. The van der Waals surface area contributed by atoms with Gasteiger partial charge in [-0.05, 0) is 57.3 Å². The van der Waals surface area contributed by atoms with E-state index in [1.54, 1.807) is 23.5 Å². The first kappa shape index (κ1) is 12.0. The van der Waals surface area contributed by atoms with Crippen LogP contribution in [0.5, 0.6) is 0 Å². The Labute approximate surface area is 111 Å². The predicted octanol–water partition coefficient (Wildman–Crippen LogP) is 3.77. The van der Waals surface area contributed by atoms with Crippen molar-refractivity contribution in [2.45, 2.75) is 12.5 Å². The van der Waals surface area contributed by atoms with Crippen LogP contribution in [0.25, 0.3) is 0 Å². The minimum Gasteiger partial charge on any atom is -0.388 e. The van der Waals surface area contributed by atoms with Crippen LogP contribution < -0.4 is 0 Å². The molecule has 0 aliphatic rings. The molecule has 0 aliphatic carbocycles. The van der Waals surface area contributed by atoms with Crippen molar-refractivity contribution in [2.24, 2.45) is 0 Å². The summed E-state index contributed by atoms with van der Waals surface area (Å²) in [6, 6.07) is 8.21. The van der Waals surface area contributed by atoms with Crippen LogP contribution in [-0.2, 0) is 6.42 Å². The summed E-state index contributed by atoms with van der Waals surface area (Å²) in [5.74, 6) is -0.247. The van der Waals surface area contributed by atoms with Crippen LogP contribution in [0.4, 0.5) is 4.39 Å². The van der Waals surface area contributed by atoms with E-state index in [4.69, 9.17) is 0 Å². The first-order valence-electron chi connectivity index (χ1n) is 4.81. The second kappa shape index (κ2) is 5.25.